The van der Waals surface area contributed by atoms with Crippen LogP contribution in [0.3, 0.4) is 0 Å². The summed E-state index contributed by atoms with van der Waals surface area (Å²) in [5.74, 6) is -0.684. The Kier molecular flexibility index (Phi) is 2.29. The Hall–Kier alpha value is -2.04. The van der Waals surface area contributed by atoms with Crippen LogP contribution >= 0.6 is 0 Å². The minimum Gasteiger partial charge on any atom is -0.285 e. The van der Waals surface area contributed by atoms with Gasteiger partial charge in [0.05, 0.1) is 0 Å². The van der Waals surface area contributed by atoms with Gasteiger partial charge in [0.15, 0.2) is 5.82 Å². The topological polar surface area (TPSA) is 58.6 Å². The van der Waals surface area contributed by atoms with E-state index in [-0.39, 0.29) is 11.6 Å². The molecule has 0 atom stereocenters. The Morgan fingerprint density at radius 3 is 2.93 bits per heavy atom. The number of halogens is 1. The molecule has 0 unspecified atom stereocenters. The summed E-state index contributed by atoms with van der Waals surface area (Å²) >= 11 is 0. The van der Waals surface area contributed by atoms with Crippen molar-refractivity contribution in [3.63, 3.8) is 0 Å². The second-order valence-corrected chi connectivity index (χ2v) is 3.12. The Morgan fingerprint density at radius 2 is 2.27 bits per heavy atom. The number of hydrogen-bond acceptors (Lipinski definition) is 3. The number of hydrogen-bond donors (Lipinski definition) is 1. The molecule has 0 aliphatic heterocycles. The van der Waals surface area contributed by atoms with Crippen molar-refractivity contribution < 1.29 is 9.18 Å². The lowest BCUT2D eigenvalue weighted by Crippen LogP contribution is -2.06. The zero-order valence-corrected chi connectivity index (χ0v) is 7.99. The molecule has 2 aromatic rings. The molecular weight excluding hydrogens is 197 g/mol. The Bertz CT molecular complexity index is 493. The number of benzene rings is 1. The third-order valence-electron chi connectivity index (χ3n) is 2.07. The maximum absolute atomic E-state index is 13.0. The normalized spacial score (nSPS) is 10.3. The van der Waals surface area contributed by atoms with E-state index in [4.69, 9.17) is 0 Å². The fraction of sp³-hybridized carbons (Fsp3) is 0.100. The van der Waals surface area contributed by atoms with Crippen LogP contribution < -0.4 is 0 Å². The lowest BCUT2D eigenvalue weighted by atomic mass is 10.0. The molecule has 0 spiro atoms. The molecule has 2 rings (SSSR count). The molecule has 0 aliphatic carbocycles. The molecule has 15 heavy (non-hydrogen) atoms. The summed E-state index contributed by atoms with van der Waals surface area (Å²) in [4.78, 5) is 15.5. The van der Waals surface area contributed by atoms with E-state index < -0.39 is 5.82 Å². The highest BCUT2D eigenvalue weighted by molar-refractivity contribution is 6.07. The fourth-order valence-corrected chi connectivity index (χ4v) is 1.28. The van der Waals surface area contributed by atoms with Gasteiger partial charge in [-0.05, 0) is 24.6 Å². The first-order valence-electron chi connectivity index (χ1n) is 4.34. The van der Waals surface area contributed by atoms with Gasteiger partial charge in [-0.1, -0.05) is 6.07 Å². The van der Waals surface area contributed by atoms with E-state index in [9.17, 15) is 9.18 Å². The SMILES string of the molecule is Cc1ccc(F)cc1C(=O)c1ncn[nH]1. The maximum atomic E-state index is 13.0. The number of nitrogens with one attached hydrogen (secondary N) is 1. The highest BCUT2D eigenvalue weighted by atomic mass is 19.1. The van der Waals surface area contributed by atoms with Crippen molar-refractivity contribution in [2.24, 2.45) is 0 Å². The van der Waals surface area contributed by atoms with E-state index in [1.807, 2.05) is 0 Å². The average molecular weight is 205 g/mol. The van der Waals surface area contributed by atoms with Gasteiger partial charge in [0, 0.05) is 5.56 Å². The zero-order chi connectivity index (χ0) is 10.8. The van der Waals surface area contributed by atoms with Crippen LogP contribution in [0.1, 0.15) is 21.7 Å². The monoisotopic (exact) mass is 205 g/mol. The average Bonchev–Trinajstić information content (AvgIpc) is 2.74. The van der Waals surface area contributed by atoms with E-state index in [0.717, 1.165) is 0 Å². The Labute approximate surface area is 85.2 Å². The summed E-state index contributed by atoms with van der Waals surface area (Å²) in [5.41, 5.74) is 1.00. The number of aromatic amines is 1. The third kappa shape index (κ3) is 1.76. The van der Waals surface area contributed by atoms with Crippen molar-refractivity contribution in [2.45, 2.75) is 6.92 Å². The predicted octanol–water partition coefficient (Wildman–Crippen LogP) is 1.48. The molecule has 1 N–H and O–H groups in total. The number of aromatic nitrogens is 3. The van der Waals surface area contributed by atoms with Crippen molar-refractivity contribution in [1.82, 2.24) is 15.2 Å². The quantitative estimate of drug-likeness (QED) is 0.755. The number of rotatable bonds is 2. The molecule has 5 heteroatoms. The molecule has 4 nitrogen and oxygen atoms in total. The van der Waals surface area contributed by atoms with Crippen molar-refractivity contribution in [2.75, 3.05) is 0 Å². The van der Waals surface area contributed by atoms with Crippen LogP contribution in [0.25, 0.3) is 0 Å². The Balaban J connectivity index is 2.46. The van der Waals surface area contributed by atoms with E-state index in [0.29, 0.717) is 11.1 Å². The summed E-state index contributed by atoms with van der Waals surface area (Å²) in [6, 6.07) is 4.06. The van der Waals surface area contributed by atoms with Gasteiger partial charge in [-0.25, -0.2) is 9.37 Å². The first-order chi connectivity index (χ1) is 7.18. The number of H-pyrrole nitrogens is 1. The number of ketones is 1. The number of carbonyl (C=O) groups is 1. The largest absolute Gasteiger partial charge is 0.285 e. The number of aryl methyl sites for hydroxylation is 1. The molecule has 1 aromatic carbocycles. The van der Waals surface area contributed by atoms with Crippen LogP contribution in [-0.4, -0.2) is 21.0 Å². The van der Waals surface area contributed by atoms with Gasteiger partial charge >= 0.3 is 0 Å². The standard InChI is InChI=1S/C10H8FN3O/c1-6-2-3-7(11)4-8(6)9(15)10-12-5-13-14-10/h2-5H,1H3,(H,12,13,14). The molecule has 0 radical (unpaired) electrons. The minimum atomic E-state index is -0.441. The molecule has 0 fully saturated rings. The molecule has 1 aromatic heterocycles. The molecule has 0 amide bonds. The molecule has 0 saturated heterocycles. The van der Waals surface area contributed by atoms with Crippen LogP contribution in [-0.2, 0) is 0 Å². The third-order valence-corrected chi connectivity index (χ3v) is 2.07. The van der Waals surface area contributed by atoms with Gasteiger partial charge in [0.2, 0.25) is 5.78 Å². The van der Waals surface area contributed by atoms with Crippen molar-refractivity contribution in [1.29, 1.82) is 0 Å². The number of carbonyl (C=O) groups excluding carboxylic acids is 1. The lowest BCUT2D eigenvalue weighted by Gasteiger charge is -2.01. The molecule has 0 saturated carbocycles. The summed E-state index contributed by atoms with van der Waals surface area (Å²) in [5, 5.41) is 6.02. The number of nitrogens with zero attached hydrogens (tertiary/aromatic N) is 2. The Morgan fingerprint density at radius 1 is 1.47 bits per heavy atom. The molecule has 0 aliphatic rings. The highest BCUT2D eigenvalue weighted by Gasteiger charge is 2.14. The van der Waals surface area contributed by atoms with Gasteiger partial charge in [0.1, 0.15) is 12.1 Å². The van der Waals surface area contributed by atoms with Gasteiger partial charge in [-0.2, -0.15) is 5.10 Å². The van der Waals surface area contributed by atoms with Crippen molar-refractivity contribution >= 4 is 5.78 Å². The summed E-state index contributed by atoms with van der Waals surface area (Å²) in [7, 11) is 0. The summed E-state index contributed by atoms with van der Waals surface area (Å²) in [6.45, 7) is 1.74. The van der Waals surface area contributed by atoms with E-state index in [1.165, 1.54) is 18.5 Å². The van der Waals surface area contributed by atoms with Crippen molar-refractivity contribution in [3.05, 3.63) is 47.3 Å². The molecule has 1 heterocycles. The smallest absolute Gasteiger partial charge is 0.230 e. The zero-order valence-electron chi connectivity index (χ0n) is 7.99. The van der Waals surface area contributed by atoms with Gasteiger partial charge in [0.25, 0.3) is 0 Å². The van der Waals surface area contributed by atoms with Crippen LogP contribution in [0.4, 0.5) is 4.39 Å². The minimum absolute atomic E-state index is 0.115. The lowest BCUT2D eigenvalue weighted by molar-refractivity contribution is 0.102. The second-order valence-electron chi connectivity index (χ2n) is 3.12. The van der Waals surface area contributed by atoms with Crippen LogP contribution in [0.15, 0.2) is 24.5 Å². The van der Waals surface area contributed by atoms with E-state index in [2.05, 4.69) is 15.2 Å². The fourth-order valence-electron chi connectivity index (χ4n) is 1.28. The first-order valence-corrected chi connectivity index (χ1v) is 4.34. The summed E-state index contributed by atoms with van der Waals surface area (Å²) < 4.78 is 13.0. The predicted molar refractivity (Wildman–Crippen MR) is 51.0 cm³/mol. The van der Waals surface area contributed by atoms with Crippen molar-refractivity contribution in [3.8, 4) is 0 Å². The maximum Gasteiger partial charge on any atom is 0.230 e. The molecular formula is C10H8FN3O. The molecule has 0 bridgehead atoms. The highest BCUT2D eigenvalue weighted by Crippen LogP contribution is 2.13. The summed E-state index contributed by atoms with van der Waals surface area (Å²) in [6.07, 6.45) is 1.24. The van der Waals surface area contributed by atoms with Crippen LogP contribution in [0.2, 0.25) is 0 Å². The van der Waals surface area contributed by atoms with E-state index >= 15 is 0 Å². The second kappa shape index (κ2) is 3.61. The van der Waals surface area contributed by atoms with Gasteiger partial charge < -0.3 is 0 Å². The van der Waals surface area contributed by atoms with Crippen LogP contribution in [0.5, 0.6) is 0 Å². The van der Waals surface area contributed by atoms with Gasteiger partial charge in [-0.3, -0.25) is 9.89 Å². The van der Waals surface area contributed by atoms with Crippen LogP contribution in [0, 0.1) is 12.7 Å². The van der Waals surface area contributed by atoms with Gasteiger partial charge in [-0.15, -0.1) is 0 Å². The first kappa shape index (κ1) is 9.51. The van der Waals surface area contributed by atoms with E-state index in [1.54, 1.807) is 13.0 Å². The molecule has 76 valence electrons.